The van der Waals surface area contributed by atoms with Crippen molar-refractivity contribution in [3.05, 3.63) is 65.5 Å². The summed E-state index contributed by atoms with van der Waals surface area (Å²) < 4.78 is 2.11. The third-order valence-electron chi connectivity index (χ3n) is 4.48. The number of hydrogen-bond donors (Lipinski definition) is 2. The number of hydrogen-bond acceptors (Lipinski definition) is 3. The van der Waals surface area contributed by atoms with E-state index in [1.165, 1.54) is 0 Å². The Morgan fingerprint density at radius 1 is 1.15 bits per heavy atom. The van der Waals surface area contributed by atoms with Crippen LogP contribution in [0.3, 0.4) is 0 Å². The highest BCUT2D eigenvalue weighted by molar-refractivity contribution is 5.85. The molecular weight excluding hydrogens is 383 g/mol. The van der Waals surface area contributed by atoms with Crippen LogP contribution in [0.4, 0.5) is 0 Å². The number of nitrogens with zero attached hydrogens (tertiary/aromatic N) is 2. The van der Waals surface area contributed by atoms with Gasteiger partial charge in [-0.2, -0.15) is 0 Å². The molecule has 27 heavy (non-hydrogen) atoms. The summed E-state index contributed by atoms with van der Waals surface area (Å²) in [5.41, 5.74) is 10.1. The monoisotopic (exact) mass is 408 g/mol. The van der Waals surface area contributed by atoms with Gasteiger partial charge in [-0.25, -0.2) is 4.98 Å². The second kappa shape index (κ2) is 10.3. The van der Waals surface area contributed by atoms with E-state index in [-0.39, 0.29) is 30.7 Å². The van der Waals surface area contributed by atoms with Crippen molar-refractivity contribution >= 4 is 41.8 Å². The van der Waals surface area contributed by atoms with Crippen LogP contribution in [0.25, 0.3) is 11.0 Å². The number of benzene rings is 2. The Morgan fingerprint density at radius 2 is 1.81 bits per heavy atom. The van der Waals surface area contributed by atoms with Crippen LogP contribution in [0.1, 0.15) is 29.4 Å². The van der Waals surface area contributed by atoms with Gasteiger partial charge in [0, 0.05) is 20.0 Å². The molecular formula is C20H26Cl2N4O. The molecule has 1 unspecified atom stereocenters. The number of aryl methyl sites for hydroxylation is 3. The molecule has 0 saturated carbocycles. The Balaban J connectivity index is 0.00000182. The van der Waals surface area contributed by atoms with Gasteiger partial charge in [-0.3, -0.25) is 4.79 Å². The molecule has 5 nitrogen and oxygen atoms in total. The van der Waals surface area contributed by atoms with Crippen LogP contribution in [0.15, 0.2) is 48.5 Å². The Labute approximate surface area is 172 Å². The maximum Gasteiger partial charge on any atom is 0.241 e. The Hall–Kier alpha value is -2.08. The Kier molecular flexibility index (Phi) is 8.76. The van der Waals surface area contributed by atoms with Gasteiger partial charge in [0.1, 0.15) is 11.9 Å². The van der Waals surface area contributed by atoms with Gasteiger partial charge in [-0.1, -0.05) is 42.0 Å². The summed E-state index contributed by atoms with van der Waals surface area (Å²) in [5.74, 6) is 0.882. The van der Waals surface area contributed by atoms with Crippen molar-refractivity contribution in [1.82, 2.24) is 14.9 Å². The van der Waals surface area contributed by atoms with Crippen LogP contribution in [0, 0.1) is 6.92 Å². The van der Waals surface area contributed by atoms with Crippen LogP contribution in [0.5, 0.6) is 0 Å². The highest BCUT2D eigenvalue weighted by atomic mass is 35.5. The van der Waals surface area contributed by atoms with Crippen molar-refractivity contribution in [3.63, 3.8) is 0 Å². The Morgan fingerprint density at radius 3 is 2.48 bits per heavy atom. The molecule has 1 atom stereocenters. The molecule has 0 bridgehead atoms. The van der Waals surface area contributed by atoms with Gasteiger partial charge in [0.05, 0.1) is 11.0 Å². The zero-order valence-electron chi connectivity index (χ0n) is 15.5. The predicted molar refractivity (Wildman–Crippen MR) is 115 cm³/mol. The first-order chi connectivity index (χ1) is 12.1. The SMILES string of the molecule is Cc1ccc(C(N)C(=O)NCCCc2nc3ccccc3n2C)cc1.Cl.Cl. The lowest BCUT2D eigenvalue weighted by atomic mass is 10.1. The van der Waals surface area contributed by atoms with E-state index in [1.54, 1.807) is 0 Å². The van der Waals surface area contributed by atoms with E-state index in [0.29, 0.717) is 6.54 Å². The summed E-state index contributed by atoms with van der Waals surface area (Å²) in [6.07, 6.45) is 1.63. The average molecular weight is 409 g/mol. The summed E-state index contributed by atoms with van der Waals surface area (Å²) in [4.78, 5) is 16.8. The number of para-hydroxylation sites is 2. The molecule has 3 rings (SSSR count). The fourth-order valence-corrected chi connectivity index (χ4v) is 2.91. The van der Waals surface area contributed by atoms with Crippen molar-refractivity contribution in [1.29, 1.82) is 0 Å². The lowest BCUT2D eigenvalue weighted by Crippen LogP contribution is -2.34. The first kappa shape index (κ1) is 23.0. The first-order valence-corrected chi connectivity index (χ1v) is 8.56. The number of nitrogens with two attached hydrogens (primary N) is 1. The van der Waals surface area contributed by atoms with E-state index >= 15 is 0 Å². The largest absolute Gasteiger partial charge is 0.354 e. The molecule has 0 aliphatic rings. The van der Waals surface area contributed by atoms with E-state index < -0.39 is 6.04 Å². The topological polar surface area (TPSA) is 72.9 Å². The van der Waals surface area contributed by atoms with E-state index in [0.717, 1.165) is 40.8 Å². The van der Waals surface area contributed by atoms with Gasteiger partial charge >= 0.3 is 0 Å². The molecule has 3 N–H and O–H groups in total. The van der Waals surface area contributed by atoms with Gasteiger partial charge in [-0.05, 0) is 31.0 Å². The summed E-state index contributed by atoms with van der Waals surface area (Å²) in [6, 6.07) is 15.2. The number of carbonyl (C=O) groups excluding carboxylic acids is 1. The second-order valence-corrected chi connectivity index (χ2v) is 6.36. The van der Waals surface area contributed by atoms with Gasteiger partial charge in [0.25, 0.3) is 0 Å². The van der Waals surface area contributed by atoms with E-state index in [4.69, 9.17) is 5.73 Å². The number of nitrogens with one attached hydrogen (secondary N) is 1. The first-order valence-electron chi connectivity index (χ1n) is 8.56. The number of carbonyl (C=O) groups is 1. The summed E-state index contributed by atoms with van der Waals surface area (Å²) in [6.45, 7) is 2.60. The standard InChI is InChI=1S/C20H24N4O.2ClH/c1-14-9-11-15(12-10-14)19(21)20(25)22-13-5-8-18-23-16-6-3-4-7-17(16)24(18)2;;/h3-4,6-7,9-12,19H,5,8,13,21H2,1-2H3,(H,22,25);2*1H. The minimum Gasteiger partial charge on any atom is -0.354 e. The third-order valence-corrected chi connectivity index (χ3v) is 4.48. The summed E-state index contributed by atoms with van der Waals surface area (Å²) in [7, 11) is 2.02. The molecule has 0 fully saturated rings. The lowest BCUT2D eigenvalue weighted by molar-refractivity contribution is -0.122. The molecule has 1 amide bonds. The van der Waals surface area contributed by atoms with Gasteiger partial charge in [0.2, 0.25) is 5.91 Å². The molecule has 1 aromatic heterocycles. The van der Waals surface area contributed by atoms with E-state index in [1.807, 2.05) is 56.4 Å². The normalized spacial score (nSPS) is 11.4. The maximum atomic E-state index is 12.2. The van der Waals surface area contributed by atoms with Crippen LogP contribution in [-0.4, -0.2) is 22.0 Å². The molecule has 0 aliphatic carbocycles. The highest BCUT2D eigenvalue weighted by Crippen LogP contribution is 2.15. The van der Waals surface area contributed by atoms with Crippen molar-refractivity contribution in [2.45, 2.75) is 25.8 Å². The van der Waals surface area contributed by atoms with Crippen LogP contribution >= 0.6 is 24.8 Å². The van der Waals surface area contributed by atoms with Crippen molar-refractivity contribution in [2.24, 2.45) is 12.8 Å². The molecule has 1 heterocycles. The van der Waals surface area contributed by atoms with Gasteiger partial charge in [-0.15, -0.1) is 24.8 Å². The molecule has 0 spiro atoms. The minimum absolute atomic E-state index is 0. The number of imidazole rings is 1. The molecule has 2 aromatic carbocycles. The average Bonchev–Trinajstić information content (AvgIpc) is 2.95. The van der Waals surface area contributed by atoms with Crippen molar-refractivity contribution < 1.29 is 4.79 Å². The summed E-state index contributed by atoms with van der Waals surface area (Å²) >= 11 is 0. The fraction of sp³-hybridized carbons (Fsp3) is 0.300. The quantitative estimate of drug-likeness (QED) is 0.613. The van der Waals surface area contributed by atoms with Crippen LogP contribution in [-0.2, 0) is 18.3 Å². The molecule has 3 aromatic rings. The molecule has 146 valence electrons. The number of fused-ring (bicyclic) bond motifs is 1. The molecule has 0 saturated heterocycles. The smallest absolute Gasteiger partial charge is 0.241 e. The number of halogens is 2. The number of rotatable bonds is 6. The highest BCUT2D eigenvalue weighted by Gasteiger charge is 2.15. The lowest BCUT2D eigenvalue weighted by Gasteiger charge is -2.13. The van der Waals surface area contributed by atoms with Crippen LogP contribution in [0.2, 0.25) is 0 Å². The molecule has 7 heteroatoms. The number of amides is 1. The maximum absolute atomic E-state index is 12.2. The fourth-order valence-electron chi connectivity index (χ4n) is 2.91. The third kappa shape index (κ3) is 5.45. The Bertz CT molecular complexity index is 877. The predicted octanol–water partition coefficient (Wildman–Crippen LogP) is 3.47. The van der Waals surface area contributed by atoms with Crippen molar-refractivity contribution in [2.75, 3.05) is 6.54 Å². The van der Waals surface area contributed by atoms with Crippen molar-refractivity contribution in [3.8, 4) is 0 Å². The molecule has 0 radical (unpaired) electrons. The van der Waals surface area contributed by atoms with Gasteiger partial charge < -0.3 is 15.6 Å². The van der Waals surface area contributed by atoms with Gasteiger partial charge in [0.15, 0.2) is 0 Å². The van der Waals surface area contributed by atoms with E-state index in [2.05, 4.69) is 20.9 Å². The minimum atomic E-state index is -0.628. The zero-order chi connectivity index (χ0) is 17.8. The second-order valence-electron chi connectivity index (χ2n) is 6.36. The zero-order valence-corrected chi connectivity index (χ0v) is 17.1. The van der Waals surface area contributed by atoms with Crippen LogP contribution < -0.4 is 11.1 Å². The summed E-state index contributed by atoms with van der Waals surface area (Å²) in [5, 5.41) is 2.92. The number of aromatic nitrogens is 2. The molecule has 0 aliphatic heterocycles. The van der Waals surface area contributed by atoms with E-state index in [9.17, 15) is 4.79 Å².